The van der Waals surface area contributed by atoms with Crippen LogP contribution in [0.1, 0.15) is 11.1 Å². The summed E-state index contributed by atoms with van der Waals surface area (Å²) in [5.41, 5.74) is 8.40. The molecule has 0 aliphatic rings. The second-order valence-electron chi connectivity index (χ2n) is 4.62. The van der Waals surface area contributed by atoms with Gasteiger partial charge in [0.2, 0.25) is 0 Å². The Morgan fingerprint density at radius 2 is 2.00 bits per heavy atom. The molecule has 0 aliphatic heterocycles. The summed E-state index contributed by atoms with van der Waals surface area (Å²) in [6.07, 6.45) is 3.23. The molecule has 2 rings (SSSR count). The van der Waals surface area contributed by atoms with Gasteiger partial charge in [-0.2, -0.15) is 0 Å². The number of hydrogen-bond donors (Lipinski definition) is 2. The van der Waals surface area contributed by atoms with Crippen molar-refractivity contribution in [2.24, 2.45) is 0 Å². The number of ether oxygens (including phenoxy) is 1. The van der Waals surface area contributed by atoms with E-state index in [1.165, 1.54) is 0 Å². The van der Waals surface area contributed by atoms with E-state index in [1.807, 2.05) is 60.7 Å². The molecular weight excluding hydrogens is 344 g/mol. The normalized spacial score (nSPS) is 10.6. The zero-order valence-corrected chi connectivity index (χ0v) is 13.5. The van der Waals surface area contributed by atoms with Gasteiger partial charge in [0, 0.05) is 16.7 Å². The highest BCUT2D eigenvalue weighted by molar-refractivity contribution is 9.10. The van der Waals surface area contributed by atoms with Crippen LogP contribution >= 0.6 is 15.9 Å². The minimum absolute atomic E-state index is 0.259. The number of nitrogens with one attached hydrogen (secondary N) is 1. The van der Waals surface area contributed by atoms with Gasteiger partial charge in [0.1, 0.15) is 6.61 Å². The molecule has 114 valence electrons. The fraction of sp³-hybridized carbons (Fsp3) is 0.118. The monoisotopic (exact) mass is 360 g/mol. The number of hydrogen-bond acceptors (Lipinski definition) is 3. The van der Waals surface area contributed by atoms with Gasteiger partial charge in [-0.15, -0.1) is 0 Å². The Morgan fingerprint density at radius 3 is 2.77 bits per heavy atom. The number of anilines is 1. The molecule has 0 aromatic heterocycles. The molecule has 0 atom stereocenters. The van der Waals surface area contributed by atoms with Gasteiger partial charge in [-0.3, -0.25) is 0 Å². The highest BCUT2D eigenvalue weighted by atomic mass is 79.9. The minimum Gasteiger partial charge on any atom is -0.445 e. The van der Waals surface area contributed by atoms with Crippen molar-refractivity contribution in [3.63, 3.8) is 0 Å². The summed E-state index contributed by atoms with van der Waals surface area (Å²) in [4.78, 5) is 11.5. The van der Waals surface area contributed by atoms with Crippen molar-refractivity contribution < 1.29 is 9.53 Å². The number of alkyl carbamates (subject to hydrolysis) is 1. The van der Waals surface area contributed by atoms with Crippen molar-refractivity contribution in [3.8, 4) is 0 Å². The number of benzene rings is 2. The minimum atomic E-state index is -0.448. The molecule has 0 radical (unpaired) electrons. The van der Waals surface area contributed by atoms with Gasteiger partial charge in [0.25, 0.3) is 0 Å². The summed E-state index contributed by atoms with van der Waals surface area (Å²) >= 11 is 3.39. The van der Waals surface area contributed by atoms with Crippen LogP contribution in [0.3, 0.4) is 0 Å². The number of carbonyl (C=O) groups is 1. The lowest BCUT2D eigenvalue weighted by molar-refractivity contribution is 0.141. The summed E-state index contributed by atoms with van der Waals surface area (Å²) in [5.74, 6) is 0. The number of nitrogens with two attached hydrogens (primary N) is 1. The van der Waals surface area contributed by atoms with Gasteiger partial charge in [-0.1, -0.05) is 58.4 Å². The first-order valence-corrected chi connectivity index (χ1v) is 7.60. The van der Waals surface area contributed by atoms with Gasteiger partial charge in [0.15, 0.2) is 0 Å². The number of amides is 1. The number of carbonyl (C=O) groups excluding carboxylic acids is 1. The Morgan fingerprint density at radius 1 is 1.23 bits per heavy atom. The summed E-state index contributed by atoms with van der Waals surface area (Å²) in [6.45, 7) is 0.633. The molecule has 1 amide bonds. The molecule has 5 heteroatoms. The third kappa shape index (κ3) is 5.26. The zero-order chi connectivity index (χ0) is 15.8. The average molecular weight is 361 g/mol. The van der Waals surface area contributed by atoms with Crippen molar-refractivity contribution in [1.29, 1.82) is 0 Å². The Kier molecular flexibility index (Phi) is 6.03. The average Bonchev–Trinajstić information content (AvgIpc) is 2.53. The lowest BCUT2D eigenvalue weighted by atomic mass is 10.1. The van der Waals surface area contributed by atoms with Crippen LogP contribution < -0.4 is 11.1 Å². The molecule has 2 aromatic rings. The second kappa shape index (κ2) is 8.24. The molecule has 3 N–H and O–H groups in total. The van der Waals surface area contributed by atoms with Gasteiger partial charge in [-0.25, -0.2) is 4.79 Å². The van der Waals surface area contributed by atoms with Gasteiger partial charge in [0.05, 0.1) is 0 Å². The van der Waals surface area contributed by atoms with Crippen LogP contribution in [0.2, 0.25) is 0 Å². The van der Waals surface area contributed by atoms with Crippen molar-refractivity contribution in [1.82, 2.24) is 5.32 Å². The maximum Gasteiger partial charge on any atom is 0.407 e. The molecule has 0 unspecified atom stereocenters. The lowest BCUT2D eigenvalue weighted by Gasteiger charge is -2.05. The van der Waals surface area contributed by atoms with Crippen LogP contribution in [-0.4, -0.2) is 12.6 Å². The molecule has 0 aliphatic carbocycles. The van der Waals surface area contributed by atoms with Crippen LogP contribution in [0.25, 0.3) is 6.08 Å². The van der Waals surface area contributed by atoms with E-state index in [-0.39, 0.29) is 6.61 Å². The van der Waals surface area contributed by atoms with Crippen LogP contribution in [0, 0.1) is 0 Å². The Labute approximate surface area is 138 Å². The number of halogens is 1. The maximum atomic E-state index is 11.5. The Bertz CT molecular complexity index is 657. The van der Waals surface area contributed by atoms with E-state index in [2.05, 4.69) is 21.2 Å². The van der Waals surface area contributed by atoms with E-state index < -0.39 is 6.09 Å². The maximum absolute atomic E-state index is 11.5. The fourth-order valence-electron chi connectivity index (χ4n) is 1.79. The second-order valence-corrected chi connectivity index (χ2v) is 5.53. The molecule has 4 nitrogen and oxygen atoms in total. The molecule has 0 saturated carbocycles. The van der Waals surface area contributed by atoms with Crippen molar-refractivity contribution in [2.75, 3.05) is 12.3 Å². The van der Waals surface area contributed by atoms with Crippen LogP contribution in [0.4, 0.5) is 10.5 Å². The number of nitrogen functional groups attached to an aromatic ring is 1. The first-order valence-electron chi connectivity index (χ1n) is 6.81. The van der Waals surface area contributed by atoms with E-state index in [1.54, 1.807) is 0 Å². The van der Waals surface area contributed by atoms with Crippen molar-refractivity contribution >= 4 is 33.8 Å². The third-order valence-electron chi connectivity index (χ3n) is 2.92. The predicted octanol–water partition coefficient (Wildman–Crippen LogP) is 3.97. The summed E-state index contributed by atoms with van der Waals surface area (Å²) in [6, 6.07) is 15.2. The topological polar surface area (TPSA) is 64.3 Å². The van der Waals surface area contributed by atoms with Crippen LogP contribution in [-0.2, 0) is 11.3 Å². The fourth-order valence-corrected chi connectivity index (χ4v) is 2.17. The molecule has 22 heavy (non-hydrogen) atoms. The highest BCUT2D eigenvalue weighted by Gasteiger charge is 2.00. The van der Waals surface area contributed by atoms with E-state index >= 15 is 0 Å². The van der Waals surface area contributed by atoms with E-state index in [4.69, 9.17) is 10.5 Å². The van der Waals surface area contributed by atoms with Crippen LogP contribution in [0.5, 0.6) is 0 Å². The molecule has 0 heterocycles. The summed E-state index contributed by atoms with van der Waals surface area (Å²) in [7, 11) is 0. The molecule has 0 saturated heterocycles. The van der Waals surface area contributed by atoms with Gasteiger partial charge < -0.3 is 15.8 Å². The van der Waals surface area contributed by atoms with Crippen molar-refractivity contribution in [3.05, 3.63) is 70.2 Å². The molecular formula is C17H17BrN2O2. The van der Waals surface area contributed by atoms with E-state index in [9.17, 15) is 4.79 Å². The zero-order valence-electron chi connectivity index (χ0n) is 12.0. The molecule has 2 aromatic carbocycles. The first-order chi connectivity index (χ1) is 10.6. The third-order valence-corrected chi connectivity index (χ3v) is 3.42. The van der Waals surface area contributed by atoms with Gasteiger partial charge >= 0.3 is 6.09 Å². The molecule has 0 spiro atoms. The van der Waals surface area contributed by atoms with E-state index in [0.29, 0.717) is 12.2 Å². The van der Waals surface area contributed by atoms with Crippen molar-refractivity contribution in [2.45, 2.75) is 6.61 Å². The lowest BCUT2D eigenvalue weighted by Crippen LogP contribution is -2.24. The van der Waals surface area contributed by atoms with E-state index in [0.717, 1.165) is 15.6 Å². The Hall–Kier alpha value is -2.27. The SMILES string of the molecule is Nc1ccc(Br)cc1C=CCNC(=O)OCc1ccccc1. The van der Waals surface area contributed by atoms with Crippen LogP contribution in [0.15, 0.2) is 59.1 Å². The standard InChI is InChI=1S/C17H17BrN2O2/c18-15-8-9-16(19)14(11-15)7-4-10-20-17(21)22-12-13-5-2-1-3-6-13/h1-9,11H,10,12,19H2,(H,20,21). The number of rotatable bonds is 5. The summed E-state index contributed by atoms with van der Waals surface area (Å²) < 4.78 is 6.06. The summed E-state index contributed by atoms with van der Waals surface area (Å²) in [5, 5.41) is 2.66. The Balaban J connectivity index is 1.75. The largest absolute Gasteiger partial charge is 0.445 e. The highest BCUT2D eigenvalue weighted by Crippen LogP contribution is 2.19. The predicted molar refractivity (Wildman–Crippen MR) is 92.2 cm³/mol. The molecule has 0 bridgehead atoms. The van der Waals surface area contributed by atoms with Gasteiger partial charge in [-0.05, 0) is 29.3 Å². The molecule has 0 fully saturated rings. The smallest absolute Gasteiger partial charge is 0.407 e. The quantitative estimate of drug-likeness (QED) is 0.792. The first kappa shape index (κ1) is 16.1.